The van der Waals surface area contributed by atoms with Crippen molar-refractivity contribution in [2.45, 2.75) is 0 Å². The summed E-state index contributed by atoms with van der Waals surface area (Å²) in [6, 6.07) is 12.2. The first kappa shape index (κ1) is 21.5. The van der Waals surface area contributed by atoms with Crippen LogP contribution < -0.4 is 20.1 Å². The van der Waals surface area contributed by atoms with Gasteiger partial charge >= 0.3 is 0 Å². The second-order valence-corrected chi connectivity index (χ2v) is 6.34. The average Bonchev–Trinajstić information content (AvgIpc) is 2.82. The molecule has 0 saturated heterocycles. The average molecular weight is 419 g/mol. The molecule has 0 atom stereocenters. The molecule has 1 heterocycles. The van der Waals surface area contributed by atoms with Gasteiger partial charge in [0.1, 0.15) is 17.6 Å². The summed E-state index contributed by atoms with van der Waals surface area (Å²) in [5.74, 6) is 0.993. The lowest BCUT2D eigenvalue weighted by Gasteiger charge is -2.12. The van der Waals surface area contributed by atoms with Crippen LogP contribution in [0, 0.1) is 11.3 Å². The molecule has 0 spiro atoms. The minimum absolute atomic E-state index is 0.141. The summed E-state index contributed by atoms with van der Waals surface area (Å²) >= 11 is 0. The molecule has 0 unspecified atom stereocenters. The van der Waals surface area contributed by atoms with E-state index in [1.807, 2.05) is 0 Å². The molecule has 158 valence electrons. The van der Waals surface area contributed by atoms with Crippen molar-refractivity contribution in [3.05, 3.63) is 59.9 Å². The summed E-state index contributed by atoms with van der Waals surface area (Å²) in [6.07, 6.45) is 3.28. The van der Waals surface area contributed by atoms with Crippen molar-refractivity contribution in [3.63, 3.8) is 0 Å². The fourth-order valence-corrected chi connectivity index (χ4v) is 2.84. The fraction of sp³-hybridized carbons (Fsp3) is 0.182. The zero-order valence-corrected chi connectivity index (χ0v) is 17.0. The van der Waals surface area contributed by atoms with Gasteiger partial charge < -0.3 is 25.2 Å². The monoisotopic (exact) mass is 419 g/mol. The Kier molecular flexibility index (Phi) is 6.98. The Morgan fingerprint density at radius 2 is 1.81 bits per heavy atom. The Morgan fingerprint density at radius 1 is 1.06 bits per heavy atom. The summed E-state index contributed by atoms with van der Waals surface area (Å²) in [5.41, 5.74) is 2.92. The predicted molar refractivity (Wildman–Crippen MR) is 114 cm³/mol. The highest BCUT2D eigenvalue weighted by molar-refractivity contribution is 5.95. The number of benzene rings is 2. The highest BCUT2D eigenvalue weighted by Gasteiger charge is 2.12. The Balaban J connectivity index is 1.82. The van der Waals surface area contributed by atoms with Crippen LogP contribution in [0.2, 0.25) is 0 Å². The van der Waals surface area contributed by atoms with Crippen LogP contribution in [0.1, 0.15) is 15.9 Å². The van der Waals surface area contributed by atoms with Gasteiger partial charge in [0.25, 0.3) is 5.91 Å². The first-order valence-electron chi connectivity index (χ1n) is 9.34. The SMILES string of the molecule is COc1cc(-c2cnc(Nc3cc(C(=O)NCCO)ccc3OC)nc2)ccc1C#N. The molecule has 0 aliphatic carbocycles. The van der Waals surface area contributed by atoms with E-state index in [0.29, 0.717) is 34.3 Å². The van der Waals surface area contributed by atoms with Crippen LogP contribution >= 0.6 is 0 Å². The number of rotatable bonds is 8. The molecule has 9 nitrogen and oxygen atoms in total. The molecule has 0 aliphatic heterocycles. The topological polar surface area (TPSA) is 129 Å². The van der Waals surface area contributed by atoms with E-state index in [0.717, 1.165) is 11.1 Å². The van der Waals surface area contributed by atoms with Gasteiger partial charge in [-0.3, -0.25) is 4.79 Å². The number of methoxy groups -OCH3 is 2. The summed E-state index contributed by atoms with van der Waals surface area (Å²) < 4.78 is 10.6. The lowest BCUT2D eigenvalue weighted by Crippen LogP contribution is -2.26. The molecule has 1 amide bonds. The normalized spacial score (nSPS) is 10.1. The van der Waals surface area contributed by atoms with Crippen molar-refractivity contribution in [2.24, 2.45) is 0 Å². The largest absolute Gasteiger partial charge is 0.495 e. The van der Waals surface area contributed by atoms with Gasteiger partial charge in [0.2, 0.25) is 5.95 Å². The van der Waals surface area contributed by atoms with Crippen molar-refractivity contribution in [1.82, 2.24) is 15.3 Å². The zero-order chi connectivity index (χ0) is 22.2. The van der Waals surface area contributed by atoms with Gasteiger partial charge in [0, 0.05) is 30.1 Å². The lowest BCUT2D eigenvalue weighted by molar-refractivity contribution is 0.0945. The Labute approximate surface area is 179 Å². The van der Waals surface area contributed by atoms with E-state index in [1.54, 1.807) is 48.8 Å². The molecule has 0 saturated carbocycles. The second-order valence-electron chi connectivity index (χ2n) is 6.34. The van der Waals surface area contributed by atoms with Crippen LogP contribution in [-0.2, 0) is 0 Å². The molecule has 0 aliphatic rings. The fourth-order valence-electron chi connectivity index (χ4n) is 2.84. The van der Waals surface area contributed by atoms with Crippen LogP contribution in [0.15, 0.2) is 48.8 Å². The number of aliphatic hydroxyl groups is 1. The molecule has 0 radical (unpaired) electrons. The maximum Gasteiger partial charge on any atom is 0.251 e. The summed E-state index contributed by atoms with van der Waals surface area (Å²) in [7, 11) is 3.03. The van der Waals surface area contributed by atoms with Crippen LogP contribution in [0.4, 0.5) is 11.6 Å². The van der Waals surface area contributed by atoms with E-state index >= 15 is 0 Å². The summed E-state index contributed by atoms with van der Waals surface area (Å²) in [5, 5.41) is 23.6. The highest BCUT2D eigenvalue weighted by Crippen LogP contribution is 2.29. The number of amides is 1. The number of carbonyl (C=O) groups excluding carboxylic acids is 1. The first-order valence-corrected chi connectivity index (χ1v) is 9.34. The standard InChI is InChI=1S/C22H21N5O4/c1-30-19-6-5-15(21(29)24-7-8-28)9-18(19)27-22-25-12-17(13-26-22)14-3-4-16(11-23)20(10-14)31-2/h3-6,9-10,12-13,28H,7-8H2,1-2H3,(H,24,29)(H,25,26,27). The molecule has 3 rings (SSSR count). The molecular weight excluding hydrogens is 398 g/mol. The van der Waals surface area contributed by atoms with Gasteiger partial charge in [-0.1, -0.05) is 6.07 Å². The molecule has 3 aromatic rings. The van der Waals surface area contributed by atoms with Gasteiger partial charge in [0.05, 0.1) is 32.1 Å². The smallest absolute Gasteiger partial charge is 0.251 e. The summed E-state index contributed by atoms with van der Waals surface area (Å²) in [4.78, 5) is 20.8. The Hall–Kier alpha value is -4.16. The third-order valence-electron chi connectivity index (χ3n) is 4.41. The number of nitrogens with one attached hydrogen (secondary N) is 2. The van der Waals surface area contributed by atoms with Crippen molar-refractivity contribution in [2.75, 3.05) is 32.7 Å². The molecule has 0 fully saturated rings. The Bertz CT molecular complexity index is 1110. The summed E-state index contributed by atoms with van der Waals surface area (Å²) in [6.45, 7) is 0.0244. The minimum atomic E-state index is -0.314. The second kappa shape index (κ2) is 10.0. The molecule has 1 aromatic heterocycles. The van der Waals surface area contributed by atoms with Crippen LogP contribution in [0.25, 0.3) is 11.1 Å². The number of nitrogens with zero attached hydrogens (tertiary/aromatic N) is 3. The highest BCUT2D eigenvalue weighted by atomic mass is 16.5. The molecule has 3 N–H and O–H groups in total. The minimum Gasteiger partial charge on any atom is -0.495 e. The van der Waals surface area contributed by atoms with Crippen LogP contribution in [0.3, 0.4) is 0 Å². The number of nitriles is 1. The number of anilines is 2. The van der Waals surface area contributed by atoms with Crippen molar-refractivity contribution in [3.8, 4) is 28.7 Å². The molecule has 2 aromatic carbocycles. The van der Waals surface area contributed by atoms with Crippen molar-refractivity contribution < 1.29 is 19.4 Å². The third kappa shape index (κ3) is 5.07. The maximum absolute atomic E-state index is 12.2. The van der Waals surface area contributed by atoms with E-state index in [2.05, 4.69) is 26.7 Å². The van der Waals surface area contributed by atoms with Gasteiger partial charge in [-0.05, 0) is 35.9 Å². The van der Waals surface area contributed by atoms with E-state index in [9.17, 15) is 4.79 Å². The van der Waals surface area contributed by atoms with Crippen LogP contribution in [-0.4, -0.2) is 48.4 Å². The molecule has 0 bridgehead atoms. The predicted octanol–water partition coefficient (Wildman–Crippen LogP) is 2.50. The quantitative estimate of drug-likeness (QED) is 0.508. The molecular formula is C22H21N5O4. The number of carbonyl (C=O) groups is 1. The first-order chi connectivity index (χ1) is 15.1. The van der Waals surface area contributed by atoms with E-state index in [-0.39, 0.29) is 19.1 Å². The number of aromatic nitrogens is 2. The number of aliphatic hydroxyl groups excluding tert-OH is 1. The van der Waals surface area contributed by atoms with Gasteiger partial charge in [-0.25, -0.2) is 9.97 Å². The van der Waals surface area contributed by atoms with E-state index in [1.165, 1.54) is 14.2 Å². The lowest BCUT2D eigenvalue weighted by atomic mass is 10.1. The van der Waals surface area contributed by atoms with Crippen molar-refractivity contribution >= 4 is 17.5 Å². The third-order valence-corrected chi connectivity index (χ3v) is 4.41. The molecule has 31 heavy (non-hydrogen) atoms. The van der Waals surface area contributed by atoms with E-state index in [4.69, 9.17) is 19.8 Å². The van der Waals surface area contributed by atoms with Gasteiger partial charge in [0.15, 0.2) is 0 Å². The number of ether oxygens (including phenoxy) is 2. The van der Waals surface area contributed by atoms with Crippen LogP contribution in [0.5, 0.6) is 11.5 Å². The van der Waals surface area contributed by atoms with Gasteiger partial charge in [-0.15, -0.1) is 0 Å². The van der Waals surface area contributed by atoms with E-state index < -0.39 is 0 Å². The maximum atomic E-state index is 12.2. The molecule has 9 heteroatoms. The van der Waals surface area contributed by atoms with Crippen molar-refractivity contribution in [1.29, 1.82) is 5.26 Å². The Morgan fingerprint density at radius 3 is 2.45 bits per heavy atom. The zero-order valence-electron chi connectivity index (χ0n) is 17.0. The number of hydrogen-bond acceptors (Lipinski definition) is 8. The number of hydrogen-bond donors (Lipinski definition) is 3. The van der Waals surface area contributed by atoms with Gasteiger partial charge in [-0.2, -0.15) is 5.26 Å².